The molecule has 2 aliphatic rings. The Morgan fingerprint density at radius 1 is 1.29 bits per heavy atom. The predicted octanol–water partition coefficient (Wildman–Crippen LogP) is 3.18. The second-order valence-electron chi connectivity index (χ2n) is 9.05. The summed E-state index contributed by atoms with van der Waals surface area (Å²) in [5.74, 6) is -1.66. The van der Waals surface area contributed by atoms with Gasteiger partial charge in [0.05, 0.1) is 40.2 Å². The van der Waals surface area contributed by atoms with E-state index in [0.717, 1.165) is 0 Å². The van der Waals surface area contributed by atoms with Crippen molar-refractivity contribution in [2.75, 3.05) is 17.6 Å². The average molecular weight is 537 g/mol. The number of carbonyl (C=O) groups is 2. The van der Waals surface area contributed by atoms with Gasteiger partial charge in [-0.15, -0.1) is 5.10 Å². The zero-order valence-electron chi connectivity index (χ0n) is 20.5. The van der Waals surface area contributed by atoms with Crippen LogP contribution in [0.3, 0.4) is 0 Å². The monoisotopic (exact) mass is 536 g/mol. The van der Waals surface area contributed by atoms with Gasteiger partial charge in [-0.3, -0.25) is 14.3 Å². The maximum Gasteiger partial charge on any atom is 0.256 e. The van der Waals surface area contributed by atoms with Crippen LogP contribution in [0, 0.1) is 6.92 Å². The summed E-state index contributed by atoms with van der Waals surface area (Å²) < 4.78 is 42.0. The second-order valence-corrected chi connectivity index (χ2v) is 11.0. The smallest absolute Gasteiger partial charge is 0.256 e. The SMILES string of the molecule is Cc1cc(C(=O)NCCn2ccnn2)c(C=C2C(=O)Nc3ccc(S(=O)(=O)CC4=C(F)CCC=C4)cc32)[nH]1. The zero-order valence-corrected chi connectivity index (χ0v) is 21.3. The van der Waals surface area contributed by atoms with Crippen molar-refractivity contribution in [3.63, 3.8) is 0 Å². The second kappa shape index (κ2) is 10.2. The van der Waals surface area contributed by atoms with Crippen molar-refractivity contribution in [1.29, 1.82) is 0 Å². The highest BCUT2D eigenvalue weighted by Gasteiger charge is 2.28. The molecular formula is C26H25FN6O4S. The Bertz CT molecular complexity index is 1620. The first-order chi connectivity index (χ1) is 18.2. The number of anilines is 1. The highest BCUT2D eigenvalue weighted by Crippen LogP contribution is 2.36. The van der Waals surface area contributed by atoms with Crippen molar-refractivity contribution in [3.05, 3.63) is 82.7 Å². The van der Waals surface area contributed by atoms with Crippen LogP contribution < -0.4 is 10.6 Å². The fourth-order valence-electron chi connectivity index (χ4n) is 4.39. The number of hydrogen-bond donors (Lipinski definition) is 3. The molecule has 0 atom stereocenters. The van der Waals surface area contributed by atoms with Crippen LogP contribution in [0.4, 0.5) is 10.1 Å². The summed E-state index contributed by atoms with van der Waals surface area (Å²) in [5.41, 5.74) is 2.64. The molecule has 0 saturated carbocycles. The minimum atomic E-state index is -3.87. The van der Waals surface area contributed by atoms with Crippen molar-refractivity contribution in [3.8, 4) is 0 Å². The molecule has 0 fully saturated rings. The lowest BCUT2D eigenvalue weighted by Gasteiger charge is -2.11. The molecule has 10 nitrogen and oxygen atoms in total. The van der Waals surface area contributed by atoms with Gasteiger partial charge in [-0.25, -0.2) is 12.8 Å². The predicted molar refractivity (Wildman–Crippen MR) is 139 cm³/mol. The molecule has 0 unspecified atom stereocenters. The zero-order chi connectivity index (χ0) is 26.9. The molecule has 1 aliphatic heterocycles. The number of amides is 2. The first-order valence-corrected chi connectivity index (χ1v) is 13.6. The van der Waals surface area contributed by atoms with Crippen LogP contribution in [0.25, 0.3) is 11.6 Å². The molecule has 5 rings (SSSR count). The number of aryl methyl sites for hydroxylation is 1. The van der Waals surface area contributed by atoms with Gasteiger partial charge in [-0.1, -0.05) is 17.4 Å². The number of rotatable bonds is 8. The number of nitrogens with one attached hydrogen (secondary N) is 3. The number of hydrogen-bond acceptors (Lipinski definition) is 6. The summed E-state index contributed by atoms with van der Waals surface area (Å²) in [6.45, 7) is 2.55. The van der Waals surface area contributed by atoms with Gasteiger partial charge in [-0.2, -0.15) is 0 Å². The summed E-state index contributed by atoms with van der Waals surface area (Å²) in [6.07, 6.45) is 8.74. The van der Waals surface area contributed by atoms with Gasteiger partial charge in [0.1, 0.15) is 5.83 Å². The van der Waals surface area contributed by atoms with E-state index >= 15 is 0 Å². The van der Waals surface area contributed by atoms with Gasteiger partial charge in [0.2, 0.25) is 0 Å². The number of sulfone groups is 1. The van der Waals surface area contributed by atoms with Gasteiger partial charge in [-0.05, 0) is 49.3 Å². The minimum absolute atomic E-state index is 0.0216. The Hall–Kier alpha value is -4.32. The van der Waals surface area contributed by atoms with Gasteiger partial charge < -0.3 is 15.6 Å². The molecular weight excluding hydrogens is 511 g/mol. The first-order valence-electron chi connectivity index (χ1n) is 12.0. The molecule has 0 saturated heterocycles. The summed E-state index contributed by atoms with van der Waals surface area (Å²) in [4.78, 5) is 28.8. The van der Waals surface area contributed by atoms with E-state index in [1.54, 1.807) is 36.1 Å². The molecule has 2 aromatic heterocycles. The molecule has 0 radical (unpaired) electrons. The Kier molecular flexibility index (Phi) is 6.81. The van der Waals surface area contributed by atoms with Gasteiger partial charge in [0.25, 0.3) is 11.8 Å². The Morgan fingerprint density at radius 2 is 2.13 bits per heavy atom. The van der Waals surface area contributed by atoms with E-state index < -0.39 is 27.3 Å². The van der Waals surface area contributed by atoms with Crippen LogP contribution in [0.2, 0.25) is 0 Å². The van der Waals surface area contributed by atoms with Gasteiger partial charge in [0, 0.05) is 36.1 Å². The third kappa shape index (κ3) is 5.21. The number of halogens is 1. The van der Waals surface area contributed by atoms with E-state index in [2.05, 4.69) is 25.9 Å². The third-order valence-corrected chi connectivity index (χ3v) is 7.95. The summed E-state index contributed by atoms with van der Waals surface area (Å²) in [5, 5.41) is 13.1. The minimum Gasteiger partial charge on any atom is -0.358 e. The molecule has 12 heteroatoms. The number of benzene rings is 1. The lowest BCUT2D eigenvalue weighted by molar-refractivity contribution is -0.110. The van der Waals surface area contributed by atoms with E-state index in [1.807, 2.05) is 0 Å². The van der Waals surface area contributed by atoms with Crippen molar-refractivity contribution in [2.45, 2.75) is 31.2 Å². The van der Waals surface area contributed by atoms with E-state index in [4.69, 9.17) is 0 Å². The number of allylic oxidation sites excluding steroid dienone is 3. The Balaban J connectivity index is 1.42. The molecule has 196 valence electrons. The number of H-pyrrole nitrogens is 1. The van der Waals surface area contributed by atoms with Crippen molar-refractivity contribution in [2.24, 2.45) is 0 Å². The maximum atomic E-state index is 14.2. The fourth-order valence-corrected chi connectivity index (χ4v) is 5.79. The Labute approximate surface area is 218 Å². The standard InChI is InChI=1S/C26H25FN6O4S/c1-16-12-21(25(34)28-8-10-33-11-9-29-32-33)24(30-16)14-20-19-13-18(6-7-23(19)31-26(20)35)38(36,37)15-17-4-2-3-5-22(17)27/h2,4,6-7,9,11-14,30H,3,5,8,10,15H2,1H3,(H,28,34)(H,31,35). The topological polar surface area (TPSA) is 139 Å². The molecule has 2 amide bonds. The van der Waals surface area contributed by atoms with E-state index in [-0.39, 0.29) is 28.4 Å². The van der Waals surface area contributed by atoms with Crippen molar-refractivity contribution < 1.29 is 22.4 Å². The number of fused-ring (bicyclic) bond motifs is 1. The van der Waals surface area contributed by atoms with E-state index in [0.29, 0.717) is 47.7 Å². The number of carbonyl (C=O) groups excluding carboxylic acids is 2. The summed E-state index contributed by atoms with van der Waals surface area (Å²) in [6, 6.07) is 5.99. The molecule has 1 aliphatic carbocycles. The Morgan fingerprint density at radius 3 is 2.89 bits per heavy atom. The van der Waals surface area contributed by atoms with Crippen LogP contribution in [0.15, 0.2) is 65.1 Å². The lowest BCUT2D eigenvalue weighted by Crippen LogP contribution is -2.27. The number of aromatic amines is 1. The lowest BCUT2D eigenvalue weighted by atomic mass is 10.0. The molecule has 3 aromatic rings. The summed E-state index contributed by atoms with van der Waals surface area (Å²) >= 11 is 0. The molecule has 3 N–H and O–H groups in total. The number of nitrogens with zero attached hydrogens (tertiary/aromatic N) is 3. The largest absolute Gasteiger partial charge is 0.358 e. The van der Waals surface area contributed by atoms with Crippen LogP contribution in [-0.2, 0) is 21.2 Å². The molecule has 1 aromatic carbocycles. The first kappa shape index (κ1) is 25.3. The van der Waals surface area contributed by atoms with Gasteiger partial charge in [0.15, 0.2) is 9.84 Å². The molecule has 0 spiro atoms. The van der Waals surface area contributed by atoms with E-state index in [1.165, 1.54) is 30.4 Å². The highest BCUT2D eigenvalue weighted by molar-refractivity contribution is 7.91. The van der Waals surface area contributed by atoms with Crippen LogP contribution in [0.5, 0.6) is 0 Å². The van der Waals surface area contributed by atoms with Crippen LogP contribution in [-0.4, -0.2) is 52.5 Å². The highest BCUT2D eigenvalue weighted by atomic mass is 32.2. The fraction of sp³-hybridized carbons (Fsp3) is 0.231. The van der Waals surface area contributed by atoms with Crippen molar-refractivity contribution >= 4 is 39.0 Å². The maximum absolute atomic E-state index is 14.2. The van der Waals surface area contributed by atoms with Crippen LogP contribution in [0.1, 0.15) is 40.2 Å². The third-order valence-electron chi connectivity index (χ3n) is 6.29. The molecule has 0 bridgehead atoms. The normalized spacial score (nSPS) is 16.2. The quantitative estimate of drug-likeness (QED) is 0.378. The number of aromatic nitrogens is 4. The molecule has 38 heavy (non-hydrogen) atoms. The van der Waals surface area contributed by atoms with Crippen LogP contribution >= 0.6 is 0 Å². The average Bonchev–Trinajstić information content (AvgIpc) is 3.60. The van der Waals surface area contributed by atoms with E-state index in [9.17, 15) is 22.4 Å². The summed E-state index contributed by atoms with van der Waals surface area (Å²) in [7, 11) is -3.87. The van der Waals surface area contributed by atoms with Crippen molar-refractivity contribution in [1.82, 2.24) is 25.3 Å². The van der Waals surface area contributed by atoms with Gasteiger partial charge >= 0.3 is 0 Å². The molecule has 3 heterocycles.